The third-order valence-electron chi connectivity index (χ3n) is 5.18. The Kier molecular flexibility index (Phi) is 15.9. The van der Waals surface area contributed by atoms with Gasteiger partial charge in [-0.05, 0) is 53.5 Å². The summed E-state index contributed by atoms with van der Waals surface area (Å²) in [6.45, 7) is 12.8. The van der Waals surface area contributed by atoms with Crippen molar-refractivity contribution >= 4 is 35.8 Å². The van der Waals surface area contributed by atoms with E-state index in [0.717, 1.165) is 0 Å². The summed E-state index contributed by atoms with van der Waals surface area (Å²) in [5.41, 5.74) is -0.882. The van der Waals surface area contributed by atoms with E-state index in [9.17, 15) is 28.8 Å². The van der Waals surface area contributed by atoms with Crippen LogP contribution in [-0.2, 0) is 49.5 Å². The molecule has 45 heavy (non-hydrogen) atoms. The summed E-state index contributed by atoms with van der Waals surface area (Å²) in [4.78, 5) is 75.2. The van der Waals surface area contributed by atoms with Gasteiger partial charge in [-0.2, -0.15) is 0 Å². The minimum absolute atomic E-state index is 0.0639. The van der Waals surface area contributed by atoms with Gasteiger partial charge in [0, 0.05) is 18.8 Å². The van der Waals surface area contributed by atoms with Crippen LogP contribution in [0.1, 0.15) is 66.4 Å². The Morgan fingerprint density at radius 3 is 2.09 bits per heavy atom. The van der Waals surface area contributed by atoms with Crippen molar-refractivity contribution in [2.24, 2.45) is 0 Å². The largest absolute Gasteiger partial charge is 0.460 e. The fraction of sp³-hybridized carbons (Fsp3) is 0.500. The van der Waals surface area contributed by atoms with Crippen LogP contribution in [0, 0.1) is 11.8 Å². The number of alkyl carbamates (subject to hydrolysis) is 1. The molecule has 2 atom stereocenters. The first-order valence-corrected chi connectivity index (χ1v) is 14.2. The van der Waals surface area contributed by atoms with E-state index in [1.54, 1.807) is 71.9 Å². The summed E-state index contributed by atoms with van der Waals surface area (Å²) in [5, 5.41) is 7.22. The Balaban J connectivity index is 3.11. The Morgan fingerprint density at radius 1 is 0.844 bits per heavy atom. The third kappa shape index (κ3) is 18.4. The number of hydrogen-bond donors (Lipinski definition) is 3. The first-order valence-electron chi connectivity index (χ1n) is 14.2. The minimum Gasteiger partial charge on any atom is -0.460 e. The van der Waals surface area contributed by atoms with E-state index in [1.165, 1.54) is 6.08 Å². The van der Waals surface area contributed by atoms with Crippen molar-refractivity contribution in [1.82, 2.24) is 16.0 Å². The van der Waals surface area contributed by atoms with E-state index < -0.39 is 65.6 Å². The number of rotatable bonds is 14. The SMILES string of the molecule is C=CCOC(=O)CNC(=O)[C@H](CCC(=O)OC(C)(C)C)NC(=O)[C@H](CC#CC(=O)OC(C)(C)C)NC(=O)OCc1ccccc1. The van der Waals surface area contributed by atoms with Gasteiger partial charge in [-0.3, -0.25) is 19.2 Å². The molecular formula is C32H43N3O10. The van der Waals surface area contributed by atoms with Gasteiger partial charge >= 0.3 is 24.0 Å². The molecule has 3 amide bonds. The van der Waals surface area contributed by atoms with Crippen molar-refractivity contribution in [1.29, 1.82) is 0 Å². The maximum atomic E-state index is 13.4. The molecule has 0 spiro atoms. The zero-order valence-corrected chi connectivity index (χ0v) is 26.7. The van der Waals surface area contributed by atoms with E-state index in [4.69, 9.17) is 18.9 Å². The monoisotopic (exact) mass is 629 g/mol. The lowest BCUT2D eigenvalue weighted by Crippen LogP contribution is -2.54. The molecular weight excluding hydrogens is 586 g/mol. The second-order valence-electron chi connectivity index (χ2n) is 11.6. The Labute approximate surface area is 263 Å². The molecule has 1 rings (SSSR count). The van der Waals surface area contributed by atoms with Crippen LogP contribution in [0.3, 0.4) is 0 Å². The molecule has 1 aromatic carbocycles. The number of ether oxygens (including phenoxy) is 4. The lowest BCUT2D eigenvalue weighted by molar-refractivity contribution is -0.155. The van der Waals surface area contributed by atoms with Crippen molar-refractivity contribution in [3.8, 4) is 11.8 Å². The molecule has 0 saturated heterocycles. The van der Waals surface area contributed by atoms with Crippen LogP contribution >= 0.6 is 0 Å². The Hall–Kier alpha value is -4.86. The van der Waals surface area contributed by atoms with Crippen LogP contribution in [0.4, 0.5) is 4.79 Å². The molecule has 0 heterocycles. The highest BCUT2D eigenvalue weighted by Crippen LogP contribution is 2.11. The number of amides is 3. The molecule has 0 aliphatic rings. The van der Waals surface area contributed by atoms with Gasteiger partial charge in [0.25, 0.3) is 0 Å². The average Bonchev–Trinajstić information content (AvgIpc) is 2.93. The van der Waals surface area contributed by atoms with Crippen molar-refractivity contribution < 1.29 is 47.7 Å². The van der Waals surface area contributed by atoms with E-state index >= 15 is 0 Å². The zero-order chi connectivity index (χ0) is 34.0. The van der Waals surface area contributed by atoms with Crippen LogP contribution < -0.4 is 16.0 Å². The van der Waals surface area contributed by atoms with Gasteiger partial charge in [0.05, 0.1) is 0 Å². The molecule has 13 heteroatoms. The maximum Gasteiger partial charge on any atom is 0.408 e. The first-order chi connectivity index (χ1) is 21.0. The smallest absolute Gasteiger partial charge is 0.408 e. The van der Waals surface area contributed by atoms with Gasteiger partial charge in [0.15, 0.2) is 0 Å². The molecule has 0 aliphatic carbocycles. The van der Waals surface area contributed by atoms with E-state index in [-0.39, 0.29) is 32.5 Å². The number of carbonyl (C=O) groups is 6. The zero-order valence-electron chi connectivity index (χ0n) is 26.7. The predicted octanol–water partition coefficient (Wildman–Crippen LogP) is 2.47. The molecule has 246 valence electrons. The highest BCUT2D eigenvalue weighted by Gasteiger charge is 2.29. The Morgan fingerprint density at radius 2 is 1.49 bits per heavy atom. The van der Waals surface area contributed by atoms with Crippen molar-refractivity contribution in [3.05, 3.63) is 48.6 Å². The van der Waals surface area contributed by atoms with Crippen molar-refractivity contribution in [2.45, 2.75) is 90.7 Å². The summed E-state index contributed by atoms with van der Waals surface area (Å²) in [6.07, 6.45) is -0.430. The van der Waals surface area contributed by atoms with Gasteiger partial charge in [-0.1, -0.05) is 48.9 Å². The summed E-state index contributed by atoms with van der Waals surface area (Å²) in [7, 11) is 0. The summed E-state index contributed by atoms with van der Waals surface area (Å²) in [6, 6.07) is 6.09. The molecule has 0 bridgehead atoms. The second kappa shape index (κ2) is 18.7. The molecule has 0 aliphatic heterocycles. The van der Waals surface area contributed by atoms with Crippen LogP contribution in [-0.4, -0.2) is 72.3 Å². The Bertz CT molecular complexity index is 1250. The van der Waals surface area contributed by atoms with Crippen LogP contribution in [0.15, 0.2) is 43.0 Å². The topological polar surface area (TPSA) is 175 Å². The fourth-order valence-electron chi connectivity index (χ4n) is 3.33. The van der Waals surface area contributed by atoms with Gasteiger partial charge < -0.3 is 34.9 Å². The second-order valence-corrected chi connectivity index (χ2v) is 11.6. The first kappa shape index (κ1) is 38.2. The normalized spacial score (nSPS) is 12.1. The van der Waals surface area contributed by atoms with Crippen LogP contribution in [0.5, 0.6) is 0 Å². The lowest BCUT2D eigenvalue weighted by Gasteiger charge is -2.23. The highest BCUT2D eigenvalue weighted by molar-refractivity contribution is 5.93. The number of carbonyl (C=O) groups excluding carboxylic acids is 6. The van der Waals surface area contributed by atoms with Crippen LogP contribution in [0.25, 0.3) is 0 Å². The molecule has 13 nitrogen and oxygen atoms in total. The standard InChI is InChI=1S/C32H43N3O10/c1-8-19-42-27(38)20-33-28(39)24(17-18-26(37)45-32(5,6)7)34-29(40)23(15-12-16-25(36)44-31(2,3)4)35-30(41)43-21-22-13-10-9-11-14-22/h8-11,13-14,23-24H,1,15,17-21H2,2-7H3,(H,33,39)(H,34,40)(H,35,41)/t23-,24-/m0/s1. The van der Waals surface area contributed by atoms with Crippen molar-refractivity contribution in [2.75, 3.05) is 13.2 Å². The molecule has 0 radical (unpaired) electrons. The average molecular weight is 630 g/mol. The van der Waals surface area contributed by atoms with E-state index in [1.807, 2.05) is 0 Å². The van der Waals surface area contributed by atoms with Crippen molar-refractivity contribution in [3.63, 3.8) is 0 Å². The quantitative estimate of drug-likeness (QED) is 0.0911. The highest BCUT2D eigenvalue weighted by atomic mass is 16.6. The number of esters is 3. The minimum atomic E-state index is -1.39. The summed E-state index contributed by atoms with van der Waals surface area (Å²) < 4.78 is 20.5. The van der Waals surface area contributed by atoms with Gasteiger partial charge in [0.1, 0.15) is 43.0 Å². The molecule has 3 N–H and O–H groups in total. The number of nitrogens with one attached hydrogen (secondary N) is 3. The summed E-state index contributed by atoms with van der Waals surface area (Å²) >= 11 is 0. The third-order valence-corrected chi connectivity index (χ3v) is 5.18. The molecule has 0 saturated carbocycles. The number of hydrogen-bond acceptors (Lipinski definition) is 10. The van der Waals surface area contributed by atoms with E-state index in [0.29, 0.717) is 5.56 Å². The summed E-state index contributed by atoms with van der Waals surface area (Å²) in [5.74, 6) is 0.882. The maximum absolute atomic E-state index is 13.4. The van der Waals surface area contributed by atoms with Gasteiger partial charge in [-0.25, -0.2) is 9.59 Å². The molecule has 1 aromatic rings. The molecule has 0 aromatic heterocycles. The molecule has 0 fully saturated rings. The van der Waals surface area contributed by atoms with E-state index in [2.05, 4.69) is 34.4 Å². The number of benzene rings is 1. The van der Waals surface area contributed by atoms with Crippen LogP contribution in [0.2, 0.25) is 0 Å². The predicted molar refractivity (Wildman–Crippen MR) is 163 cm³/mol. The fourth-order valence-corrected chi connectivity index (χ4v) is 3.33. The van der Waals surface area contributed by atoms with Gasteiger partial charge in [0.2, 0.25) is 11.8 Å². The lowest BCUT2D eigenvalue weighted by atomic mass is 10.1. The van der Waals surface area contributed by atoms with Gasteiger partial charge in [-0.15, -0.1) is 0 Å². The molecule has 0 unspecified atom stereocenters.